The Hall–Kier alpha value is -0.750. The average molecular weight is 300 g/mol. The standard InChI is InChI=1S/C8H5BrClF2NO2/c9-4-1-3(7(11)12)6(8(14)15)13-5(4)2-10/h1,7H,2H2,(H,14,15). The van der Waals surface area contributed by atoms with Crippen molar-refractivity contribution in [3.05, 3.63) is 27.5 Å². The van der Waals surface area contributed by atoms with Crippen LogP contribution in [-0.4, -0.2) is 16.1 Å². The predicted octanol–water partition coefficient (Wildman–Crippen LogP) is 3.22. The molecule has 0 aliphatic heterocycles. The van der Waals surface area contributed by atoms with Gasteiger partial charge in [0.05, 0.1) is 17.1 Å². The molecule has 0 aliphatic carbocycles. The number of aromatic nitrogens is 1. The fourth-order valence-electron chi connectivity index (χ4n) is 0.972. The largest absolute Gasteiger partial charge is 0.476 e. The van der Waals surface area contributed by atoms with Crippen LogP contribution in [0.15, 0.2) is 10.5 Å². The first-order chi connectivity index (χ1) is 6.97. The van der Waals surface area contributed by atoms with Crippen LogP contribution in [-0.2, 0) is 5.88 Å². The average Bonchev–Trinajstić information content (AvgIpc) is 2.16. The van der Waals surface area contributed by atoms with E-state index >= 15 is 0 Å². The van der Waals surface area contributed by atoms with E-state index in [-0.39, 0.29) is 16.0 Å². The molecule has 1 heterocycles. The van der Waals surface area contributed by atoms with E-state index in [1.54, 1.807) is 0 Å². The molecule has 0 amide bonds. The van der Waals surface area contributed by atoms with Gasteiger partial charge in [0.25, 0.3) is 6.43 Å². The minimum Gasteiger partial charge on any atom is -0.476 e. The number of pyridine rings is 1. The van der Waals surface area contributed by atoms with Crippen molar-refractivity contribution in [3.63, 3.8) is 0 Å². The Labute approximate surface area is 97.2 Å². The lowest BCUT2D eigenvalue weighted by Gasteiger charge is -2.07. The van der Waals surface area contributed by atoms with Gasteiger partial charge in [-0.25, -0.2) is 18.6 Å². The molecule has 1 aromatic heterocycles. The molecule has 1 aromatic rings. The van der Waals surface area contributed by atoms with Crippen LogP contribution < -0.4 is 0 Å². The zero-order valence-corrected chi connectivity index (χ0v) is 9.52. The van der Waals surface area contributed by atoms with Crippen LogP contribution in [0.5, 0.6) is 0 Å². The van der Waals surface area contributed by atoms with E-state index in [2.05, 4.69) is 20.9 Å². The zero-order chi connectivity index (χ0) is 11.6. The highest BCUT2D eigenvalue weighted by molar-refractivity contribution is 9.10. The molecule has 0 unspecified atom stereocenters. The number of hydrogen-bond donors (Lipinski definition) is 1. The third-order valence-corrected chi connectivity index (χ3v) is 2.58. The quantitative estimate of drug-likeness (QED) is 0.872. The molecule has 82 valence electrons. The van der Waals surface area contributed by atoms with Crippen molar-refractivity contribution in [1.29, 1.82) is 0 Å². The summed E-state index contributed by atoms with van der Waals surface area (Å²) in [4.78, 5) is 14.2. The molecule has 0 fully saturated rings. The second-order valence-corrected chi connectivity index (χ2v) is 3.72. The molecule has 1 N–H and O–H groups in total. The fourth-order valence-corrected chi connectivity index (χ4v) is 1.81. The predicted molar refractivity (Wildman–Crippen MR) is 53.4 cm³/mol. The molecule has 0 aromatic carbocycles. The summed E-state index contributed by atoms with van der Waals surface area (Å²) < 4.78 is 25.2. The third kappa shape index (κ3) is 2.63. The van der Waals surface area contributed by atoms with Crippen molar-refractivity contribution in [3.8, 4) is 0 Å². The molecule has 7 heteroatoms. The Balaban J connectivity index is 3.39. The first-order valence-corrected chi connectivity index (χ1v) is 5.06. The molecule has 0 radical (unpaired) electrons. The summed E-state index contributed by atoms with van der Waals surface area (Å²) in [7, 11) is 0. The van der Waals surface area contributed by atoms with Crippen LogP contribution in [0.1, 0.15) is 28.2 Å². The van der Waals surface area contributed by atoms with Gasteiger partial charge in [-0.15, -0.1) is 11.6 Å². The smallest absolute Gasteiger partial charge is 0.355 e. The topological polar surface area (TPSA) is 50.2 Å². The number of hydrogen-bond acceptors (Lipinski definition) is 2. The second-order valence-electron chi connectivity index (χ2n) is 2.59. The SMILES string of the molecule is O=C(O)c1nc(CCl)c(Br)cc1C(F)F. The zero-order valence-electron chi connectivity index (χ0n) is 7.18. The summed E-state index contributed by atoms with van der Waals surface area (Å²) in [5, 5.41) is 8.67. The number of carboxylic acids is 1. The molecular formula is C8H5BrClF2NO2. The Kier molecular flexibility index (Phi) is 3.98. The highest BCUT2D eigenvalue weighted by Gasteiger charge is 2.21. The Bertz CT molecular complexity index is 400. The van der Waals surface area contributed by atoms with Crippen molar-refractivity contribution >= 4 is 33.5 Å². The highest BCUT2D eigenvalue weighted by Crippen LogP contribution is 2.27. The van der Waals surface area contributed by atoms with E-state index in [0.29, 0.717) is 0 Å². The molecular weight excluding hydrogens is 295 g/mol. The van der Waals surface area contributed by atoms with Gasteiger partial charge in [0, 0.05) is 4.47 Å². The Morgan fingerprint density at radius 1 is 1.67 bits per heavy atom. The van der Waals surface area contributed by atoms with Crippen LogP contribution >= 0.6 is 27.5 Å². The number of carbonyl (C=O) groups is 1. The van der Waals surface area contributed by atoms with Gasteiger partial charge in [0.15, 0.2) is 5.69 Å². The van der Waals surface area contributed by atoms with Gasteiger partial charge < -0.3 is 5.11 Å². The van der Waals surface area contributed by atoms with E-state index in [9.17, 15) is 13.6 Å². The molecule has 1 rings (SSSR count). The number of rotatable bonds is 3. The second kappa shape index (κ2) is 4.85. The maximum atomic E-state index is 12.4. The first kappa shape index (κ1) is 12.3. The van der Waals surface area contributed by atoms with Gasteiger partial charge in [-0.2, -0.15) is 0 Å². The van der Waals surface area contributed by atoms with Crippen molar-refractivity contribution in [2.45, 2.75) is 12.3 Å². The molecule has 3 nitrogen and oxygen atoms in total. The lowest BCUT2D eigenvalue weighted by molar-refractivity contribution is 0.0676. The summed E-state index contributed by atoms with van der Waals surface area (Å²) in [5.41, 5.74) is -1.06. The monoisotopic (exact) mass is 299 g/mol. The van der Waals surface area contributed by atoms with Crippen molar-refractivity contribution < 1.29 is 18.7 Å². The number of carboxylic acid groups (broad SMARTS) is 1. The van der Waals surface area contributed by atoms with E-state index in [1.165, 1.54) is 0 Å². The van der Waals surface area contributed by atoms with Crippen molar-refractivity contribution in [2.75, 3.05) is 0 Å². The maximum Gasteiger partial charge on any atom is 0.355 e. The molecule has 0 saturated heterocycles. The summed E-state index contributed by atoms with van der Waals surface area (Å²) >= 11 is 8.45. The van der Waals surface area contributed by atoms with Crippen LogP contribution in [0.3, 0.4) is 0 Å². The molecule has 0 bridgehead atoms. The highest BCUT2D eigenvalue weighted by atomic mass is 79.9. The lowest BCUT2D eigenvalue weighted by Crippen LogP contribution is -2.08. The lowest BCUT2D eigenvalue weighted by atomic mass is 10.2. The summed E-state index contributed by atoms with van der Waals surface area (Å²) in [6.45, 7) is 0. The van der Waals surface area contributed by atoms with Gasteiger partial charge in [-0.05, 0) is 22.0 Å². The summed E-state index contributed by atoms with van der Waals surface area (Å²) in [5.74, 6) is -1.55. The fraction of sp³-hybridized carbons (Fsp3) is 0.250. The Morgan fingerprint density at radius 3 is 2.67 bits per heavy atom. The summed E-state index contributed by atoms with van der Waals surface area (Å²) in [6.07, 6.45) is -2.88. The Morgan fingerprint density at radius 2 is 2.27 bits per heavy atom. The molecule has 0 aliphatic rings. The molecule has 0 atom stereocenters. The van der Waals surface area contributed by atoms with E-state index < -0.39 is 23.7 Å². The van der Waals surface area contributed by atoms with Crippen molar-refractivity contribution in [1.82, 2.24) is 4.98 Å². The normalized spacial score (nSPS) is 10.7. The number of halogens is 4. The van der Waals surface area contributed by atoms with Crippen LogP contribution in [0.2, 0.25) is 0 Å². The van der Waals surface area contributed by atoms with E-state index in [4.69, 9.17) is 16.7 Å². The van der Waals surface area contributed by atoms with Crippen LogP contribution in [0.4, 0.5) is 8.78 Å². The van der Waals surface area contributed by atoms with Gasteiger partial charge >= 0.3 is 5.97 Å². The first-order valence-electron chi connectivity index (χ1n) is 3.74. The van der Waals surface area contributed by atoms with Crippen LogP contribution in [0, 0.1) is 0 Å². The molecule has 0 saturated carbocycles. The molecule has 15 heavy (non-hydrogen) atoms. The third-order valence-electron chi connectivity index (χ3n) is 1.64. The van der Waals surface area contributed by atoms with Crippen LogP contribution in [0.25, 0.3) is 0 Å². The van der Waals surface area contributed by atoms with Gasteiger partial charge in [0.2, 0.25) is 0 Å². The van der Waals surface area contributed by atoms with E-state index in [1.807, 2.05) is 0 Å². The minimum atomic E-state index is -2.88. The molecule has 0 spiro atoms. The minimum absolute atomic E-state index is 0.0512. The van der Waals surface area contributed by atoms with Gasteiger partial charge in [-0.1, -0.05) is 0 Å². The maximum absolute atomic E-state index is 12.4. The van der Waals surface area contributed by atoms with Crippen molar-refractivity contribution in [2.24, 2.45) is 0 Å². The van der Waals surface area contributed by atoms with Gasteiger partial charge in [0.1, 0.15) is 0 Å². The number of alkyl halides is 3. The number of aromatic carboxylic acids is 1. The number of nitrogens with zero attached hydrogens (tertiary/aromatic N) is 1. The van der Waals surface area contributed by atoms with E-state index in [0.717, 1.165) is 6.07 Å². The summed E-state index contributed by atoms with van der Waals surface area (Å²) in [6, 6.07) is 1.03. The van der Waals surface area contributed by atoms with Gasteiger partial charge in [-0.3, -0.25) is 0 Å².